The van der Waals surface area contributed by atoms with Crippen molar-refractivity contribution in [3.8, 4) is 22.8 Å². The Morgan fingerprint density at radius 2 is 1.69 bits per heavy atom. The number of thioether (sulfide) groups is 1. The minimum absolute atomic E-state index is 0.106. The molecule has 4 rings (SSSR count). The zero-order chi connectivity index (χ0) is 20.2. The van der Waals surface area contributed by atoms with Gasteiger partial charge in [-0.2, -0.15) is 0 Å². The van der Waals surface area contributed by atoms with Crippen molar-refractivity contribution in [2.24, 2.45) is 0 Å². The fraction of sp³-hybridized carbons (Fsp3) is 0.286. The maximum atomic E-state index is 12.6. The number of aromatic hydroxyl groups is 1. The second kappa shape index (κ2) is 8.67. The van der Waals surface area contributed by atoms with Crippen molar-refractivity contribution in [3.63, 3.8) is 0 Å². The molecule has 150 valence electrons. The largest absolute Gasteiger partial charge is 0.507 e. The van der Waals surface area contributed by atoms with Crippen LogP contribution >= 0.6 is 11.8 Å². The maximum absolute atomic E-state index is 12.6. The zero-order valence-electron chi connectivity index (χ0n) is 16.2. The topological polar surface area (TPSA) is 74.5 Å². The summed E-state index contributed by atoms with van der Waals surface area (Å²) >= 11 is 1.37. The summed E-state index contributed by atoms with van der Waals surface area (Å²) in [5, 5.41) is 19.6. The van der Waals surface area contributed by atoms with Gasteiger partial charge in [-0.25, -0.2) is 0 Å². The first kappa shape index (κ1) is 19.5. The normalized spacial score (nSPS) is 14.9. The molecule has 1 saturated heterocycles. The number of amides is 1. The minimum atomic E-state index is 0.106. The third-order valence-electron chi connectivity index (χ3n) is 4.97. The average molecular weight is 410 g/mol. The van der Waals surface area contributed by atoms with E-state index < -0.39 is 0 Å². The molecule has 3 aromatic rings. The molecule has 7 nitrogen and oxygen atoms in total. The number of carbonyl (C=O) groups is 1. The molecule has 1 aromatic heterocycles. The van der Waals surface area contributed by atoms with Crippen molar-refractivity contribution in [2.75, 3.05) is 39.0 Å². The summed E-state index contributed by atoms with van der Waals surface area (Å²) in [6.45, 7) is 3.30. The quantitative estimate of drug-likeness (QED) is 0.653. The van der Waals surface area contributed by atoms with Gasteiger partial charge in [0.15, 0.2) is 11.0 Å². The van der Waals surface area contributed by atoms with E-state index in [9.17, 15) is 9.90 Å². The molecule has 0 atom stereocenters. The van der Waals surface area contributed by atoms with Crippen molar-refractivity contribution >= 4 is 17.7 Å². The van der Waals surface area contributed by atoms with Crippen LogP contribution in [-0.4, -0.2) is 74.6 Å². The fourth-order valence-electron chi connectivity index (χ4n) is 3.28. The Balaban J connectivity index is 1.60. The Labute approximate surface area is 174 Å². The lowest BCUT2D eigenvalue weighted by Crippen LogP contribution is -2.47. The van der Waals surface area contributed by atoms with Crippen molar-refractivity contribution in [1.29, 1.82) is 0 Å². The van der Waals surface area contributed by atoms with E-state index in [1.807, 2.05) is 51.9 Å². The summed E-state index contributed by atoms with van der Waals surface area (Å²) in [4.78, 5) is 16.8. The van der Waals surface area contributed by atoms with Gasteiger partial charge in [0.2, 0.25) is 5.91 Å². The molecule has 2 aromatic carbocycles. The van der Waals surface area contributed by atoms with Crippen molar-refractivity contribution in [2.45, 2.75) is 5.16 Å². The number of hydrogen-bond donors (Lipinski definition) is 1. The molecule has 1 N–H and O–H groups in total. The Kier molecular flexibility index (Phi) is 5.82. The molecule has 0 bridgehead atoms. The first-order chi connectivity index (χ1) is 14.1. The number of piperazine rings is 1. The van der Waals surface area contributed by atoms with Crippen molar-refractivity contribution in [3.05, 3.63) is 54.6 Å². The molecule has 0 saturated carbocycles. The molecule has 8 heteroatoms. The predicted octanol–water partition coefficient (Wildman–Crippen LogP) is 2.51. The molecule has 1 amide bonds. The number of phenolic OH excluding ortho intramolecular Hbond substituents is 1. The molecular weight excluding hydrogens is 386 g/mol. The number of carbonyl (C=O) groups excluding carboxylic acids is 1. The van der Waals surface area contributed by atoms with Gasteiger partial charge < -0.3 is 14.9 Å². The third-order valence-corrected chi connectivity index (χ3v) is 5.89. The number of phenols is 1. The third kappa shape index (κ3) is 4.28. The summed E-state index contributed by atoms with van der Waals surface area (Å²) in [6, 6.07) is 16.8. The Bertz CT molecular complexity index is 984. The highest BCUT2D eigenvalue weighted by Gasteiger charge is 2.22. The van der Waals surface area contributed by atoms with E-state index in [0.29, 0.717) is 22.3 Å². The fourth-order valence-corrected chi connectivity index (χ4v) is 4.14. The van der Waals surface area contributed by atoms with E-state index in [1.54, 1.807) is 12.1 Å². The van der Waals surface area contributed by atoms with Crippen LogP contribution in [0.25, 0.3) is 17.1 Å². The number of benzene rings is 2. The van der Waals surface area contributed by atoms with E-state index in [0.717, 1.165) is 31.9 Å². The van der Waals surface area contributed by atoms with Crippen LogP contribution in [0, 0.1) is 0 Å². The second-order valence-electron chi connectivity index (χ2n) is 6.97. The van der Waals surface area contributed by atoms with Crippen LogP contribution in [0.4, 0.5) is 0 Å². The highest BCUT2D eigenvalue weighted by Crippen LogP contribution is 2.32. The van der Waals surface area contributed by atoms with E-state index >= 15 is 0 Å². The van der Waals surface area contributed by atoms with Gasteiger partial charge in [-0.05, 0) is 31.3 Å². The molecule has 0 radical (unpaired) electrons. The van der Waals surface area contributed by atoms with Crippen LogP contribution < -0.4 is 0 Å². The number of aromatic nitrogens is 3. The molecule has 1 aliphatic rings. The lowest BCUT2D eigenvalue weighted by atomic mass is 10.2. The van der Waals surface area contributed by atoms with E-state index in [2.05, 4.69) is 22.1 Å². The predicted molar refractivity (Wildman–Crippen MR) is 113 cm³/mol. The summed E-state index contributed by atoms with van der Waals surface area (Å²) in [5.41, 5.74) is 1.48. The van der Waals surface area contributed by atoms with Gasteiger partial charge >= 0.3 is 0 Å². The van der Waals surface area contributed by atoms with Gasteiger partial charge in [-0.15, -0.1) is 10.2 Å². The summed E-state index contributed by atoms with van der Waals surface area (Å²) in [5.74, 6) is 1.09. The first-order valence-electron chi connectivity index (χ1n) is 9.52. The molecule has 1 aliphatic heterocycles. The SMILES string of the molecule is CN1CCN(C(=O)CSc2nnc(-c3ccccc3O)n2-c2ccccc2)CC1. The minimum Gasteiger partial charge on any atom is -0.507 e. The van der Waals surface area contributed by atoms with Gasteiger partial charge in [0, 0.05) is 31.9 Å². The van der Waals surface area contributed by atoms with E-state index in [4.69, 9.17) is 0 Å². The monoisotopic (exact) mass is 409 g/mol. The molecule has 29 heavy (non-hydrogen) atoms. The van der Waals surface area contributed by atoms with Gasteiger partial charge in [0.1, 0.15) is 5.75 Å². The van der Waals surface area contributed by atoms with Crippen LogP contribution in [-0.2, 0) is 4.79 Å². The second-order valence-corrected chi connectivity index (χ2v) is 7.91. The Morgan fingerprint density at radius 1 is 1.00 bits per heavy atom. The molecule has 0 aliphatic carbocycles. The van der Waals surface area contributed by atoms with Gasteiger partial charge in [0.25, 0.3) is 0 Å². The zero-order valence-corrected chi connectivity index (χ0v) is 17.0. The van der Waals surface area contributed by atoms with Gasteiger partial charge in [0.05, 0.1) is 11.3 Å². The lowest BCUT2D eigenvalue weighted by molar-refractivity contribution is -0.129. The number of hydrogen-bond acceptors (Lipinski definition) is 6. The molecule has 2 heterocycles. The van der Waals surface area contributed by atoms with E-state index in [1.165, 1.54) is 11.8 Å². The van der Waals surface area contributed by atoms with Crippen LogP contribution in [0.15, 0.2) is 59.8 Å². The number of para-hydroxylation sites is 2. The number of likely N-dealkylation sites (N-methyl/N-ethyl adjacent to an activating group) is 1. The van der Waals surface area contributed by atoms with Crippen molar-refractivity contribution < 1.29 is 9.90 Å². The van der Waals surface area contributed by atoms with E-state index in [-0.39, 0.29) is 11.7 Å². The lowest BCUT2D eigenvalue weighted by Gasteiger charge is -2.32. The molecule has 1 fully saturated rings. The first-order valence-corrected chi connectivity index (χ1v) is 10.5. The number of nitrogens with zero attached hydrogens (tertiary/aromatic N) is 5. The van der Waals surface area contributed by atoms with Crippen LogP contribution in [0.5, 0.6) is 5.75 Å². The standard InChI is InChI=1S/C21H23N5O2S/c1-24-11-13-25(14-12-24)19(28)15-29-21-23-22-20(17-9-5-6-10-18(17)27)26(21)16-7-3-2-4-8-16/h2-10,27H,11-15H2,1H3. The van der Waals surface area contributed by atoms with Crippen LogP contribution in [0.2, 0.25) is 0 Å². The number of rotatable bonds is 5. The smallest absolute Gasteiger partial charge is 0.233 e. The van der Waals surface area contributed by atoms with Crippen molar-refractivity contribution in [1.82, 2.24) is 24.6 Å². The van der Waals surface area contributed by atoms with Gasteiger partial charge in [-0.3, -0.25) is 9.36 Å². The van der Waals surface area contributed by atoms with Crippen LogP contribution in [0.1, 0.15) is 0 Å². The summed E-state index contributed by atoms with van der Waals surface area (Å²) in [7, 11) is 2.07. The Hall–Kier alpha value is -2.84. The summed E-state index contributed by atoms with van der Waals surface area (Å²) in [6.07, 6.45) is 0. The average Bonchev–Trinajstić information content (AvgIpc) is 3.17. The highest BCUT2D eigenvalue weighted by molar-refractivity contribution is 7.99. The van der Waals surface area contributed by atoms with Crippen LogP contribution in [0.3, 0.4) is 0 Å². The summed E-state index contributed by atoms with van der Waals surface area (Å²) < 4.78 is 1.89. The molecule has 0 unspecified atom stereocenters. The van der Waals surface area contributed by atoms with Gasteiger partial charge in [-0.1, -0.05) is 42.1 Å². The molecule has 0 spiro atoms. The molecular formula is C21H23N5O2S. The Morgan fingerprint density at radius 3 is 2.41 bits per heavy atom. The maximum Gasteiger partial charge on any atom is 0.233 e. The highest BCUT2D eigenvalue weighted by atomic mass is 32.2.